The monoisotopic (exact) mass is 476 g/mol. The van der Waals surface area contributed by atoms with Crippen LogP contribution in [-0.2, 0) is 6.18 Å². The minimum absolute atomic E-state index is 0.0946. The SMILES string of the molecule is CC(CNC(=O)c1cccc(-c2noc(C(F)(F)F)n2)c1)c1nc(-c2ccc(F)cc2)cs1. The molecule has 0 aliphatic carbocycles. The van der Waals surface area contributed by atoms with Crippen molar-refractivity contribution in [3.8, 4) is 22.6 Å². The van der Waals surface area contributed by atoms with E-state index in [1.807, 2.05) is 12.3 Å². The zero-order valence-corrected chi connectivity index (χ0v) is 17.9. The molecule has 0 saturated carbocycles. The Morgan fingerprint density at radius 3 is 2.58 bits per heavy atom. The van der Waals surface area contributed by atoms with Crippen LogP contribution in [0.2, 0.25) is 0 Å². The van der Waals surface area contributed by atoms with Crippen molar-refractivity contribution in [3.63, 3.8) is 0 Å². The summed E-state index contributed by atoms with van der Waals surface area (Å²) in [6, 6.07) is 12.0. The Balaban J connectivity index is 1.40. The van der Waals surface area contributed by atoms with Gasteiger partial charge in [0.2, 0.25) is 5.82 Å². The molecular formula is C22H16F4N4O2S. The first kappa shape index (κ1) is 22.6. The molecule has 0 radical (unpaired) electrons. The first-order chi connectivity index (χ1) is 15.7. The Labute approximate surface area is 189 Å². The van der Waals surface area contributed by atoms with Gasteiger partial charge in [0.15, 0.2) is 0 Å². The third-order valence-corrected chi connectivity index (χ3v) is 5.78. The highest BCUT2D eigenvalue weighted by atomic mass is 32.1. The van der Waals surface area contributed by atoms with Crippen molar-refractivity contribution in [3.05, 3.63) is 76.2 Å². The van der Waals surface area contributed by atoms with E-state index in [4.69, 9.17) is 0 Å². The number of hydrogen-bond acceptors (Lipinski definition) is 6. The predicted octanol–water partition coefficient (Wildman–Crippen LogP) is 5.55. The van der Waals surface area contributed by atoms with E-state index < -0.39 is 18.0 Å². The van der Waals surface area contributed by atoms with Crippen molar-refractivity contribution >= 4 is 17.2 Å². The molecule has 2 aromatic carbocycles. The average molecular weight is 476 g/mol. The highest BCUT2D eigenvalue weighted by Gasteiger charge is 2.38. The van der Waals surface area contributed by atoms with Gasteiger partial charge in [0.25, 0.3) is 5.91 Å². The number of thiazole rings is 1. The highest BCUT2D eigenvalue weighted by molar-refractivity contribution is 7.10. The van der Waals surface area contributed by atoms with E-state index in [2.05, 4.69) is 25.0 Å². The summed E-state index contributed by atoms with van der Waals surface area (Å²) in [7, 11) is 0. The van der Waals surface area contributed by atoms with Gasteiger partial charge in [0, 0.05) is 34.5 Å². The van der Waals surface area contributed by atoms with Gasteiger partial charge in [0.1, 0.15) is 5.82 Å². The Kier molecular flexibility index (Phi) is 6.23. The van der Waals surface area contributed by atoms with Crippen molar-refractivity contribution in [1.29, 1.82) is 0 Å². The number of amides is 1. The Bertz CT molecular complexity index is 1270. The van der Waals surface area contributed by atoms with Gasteiger partial charge in [-0.15, -0.1) is 11.3 Å². The molecule has 0 bridgehead atoms. The molecule has 1 amide bonds. The summed E-state index contributed by atoms with van der Waals surface area (Å²) < 4.78 is 55.4. The Hall–Kier alpha value is -3.60. The maximum Gasteiger partial charge on any atom is 0.471 e. The fourth-order valence-corrected chi connectivity index (χ4v) is 3.85. The minimum Gasteiger partial charge on any atom is -0.351 e. The first-order valence-corrected chi connectivity index (χ1v) is 10.6. The number of rotatable bonds is 6. The quantitative estimate of drug-likeness (QED) is 0.369. The zero-order chi connectivity index (χ0) is 23.6. The molecule has 6 nitrogen and oxygen atoms in total. The molecule has 0 aliphatic rings. The fraction of sp³-hybridized carbons (Fsp3) is 0.182. The molecule has 0 aliphatic heterocycles. The smallest absolute Gasteiger partial charge is 0.351 e. The second-order valence-electron chi connectivity index (χ2n) is 7.19. The van der Waals surface area contributed by atoms with Gasteiger partial charge in [-0.3, -0.25) is 4.79 Å². The maximum absolute atomic E-state index is 13.1. The number of hydrogen-bond donors (Lipinski definition) is 1. The molecule has 0 fully saturated rings. The molecule has 1 N–H and O–H groups in total. The summed E-state index contributed by atoms with van der Waals surface area (Å²) in [6.07, 6.45) is -4.75. The van der Waals surface area contributed by atoms with Crippen molar-refractivity contribution in [1.82, 2.24) is 20.4 Å². The van der Waals surface area contributed by atoms with Gasteiger partial charge in [-0.25, -0.2) is 9.37 Å². The summed E-state index contributed by atoms with van der Waals surface area (Å²) in [5.41, 5.74) is 1.98. The molecule has 4 rings (SSSR count). The van der Waals surface area contributed by atoms with E-state index >= 15 is 0 Å². The third-order valence-electron chi connectivity index (χ3n) is 4.70. The Morgan fingerprint density at radius 1 is 1.12 bits per heavy atom. The van der Waals surface area contributed by atoms with Gasteiger partial charge in [0.05, 0.1) is 10.7 Å². The van der Waals surface area contributed by atoms with Gasteiger partial charge in [-0.1, -0.05) is 24.2 Å². The van der Waals surface area contributed by atoms with Gasteiger partial charge >= 0.3 is 12.1 Å². The summed E-state index contributed by atoms with van der Waals surface area (Å²) in [5, 5.41) is 8.80. The largest absolute Gasteiger partial charge is 0.471 e. The topological polar surface area (TPSA) is 80.9 Å². The molecule has 0 saturated heterocycles. The standard InChI is InChI=1S/C22H16F4N4O2S/c1-12(20-28-17(11-33-20)13-5-7-16(23)8-6-13)10-27-19(31)15-4-2-3-14(9-15)18-29-21(32-30-18)22(24,25)26/h2-9,11-12H,10H2,1H3,(H,27,31). The van der Waals surface area contributed by atoms with Crippen molar-refractivity contribution in [2.75, 3.05) is 6.54 Å². The summed E-state index contributed by atoms with van der Waals surface area (Å²) >= 11 is 1.43. The first-order valence-electron chi connectivity index (χ1n) is 9.71. The normalized spacial score (nSPS) is 12.5. The number of alkyl halides is 3. The lowest BCUT2D eigenvalue weighted by Crippen LogP contribution is -2.27. The predicted molar refractivity (Wildman–Crippen MR) is 113 cm³/mol. The fourth-order valence-electron chi connectivity index (χ4n) is 2.96. The van der Waals surface area contributed by atoms with Crippen LogP contribution in [0.5, 0.6) is 0 Å². The van der Waals surface area contributed by atoms with Crippen LogP contribution in [0.3, 0.4) is 0 Å². The molecular weight excluding hydrogens is 460 g/mol. The van der Waals surface area contributed by atoms with Crippen molar-refractivity contribution in [2.24, 2.45) is 0 Å². The molecule has 2 heterocycles. The number of carbonyl (C=O) groups excluding carboxylic acids is 1. The minimum atomic E-state index is -4.75. The lowest BCUT2D eigenvalue weighted by atomic mass is 10.1. The van der Waals surface area contributed by atoms with E-state index in [-0.39, 0.29) is 28.7 Å². The number of benzene rings is 2. The van der Waals surface area contributed by atoms with Crippen LogP contribution in [0.15, 0.2) is 58.4 Å². The van der Waals surface area contributed by atoms with E-state index in [1.165, 1.54) is 47.7 Å². The molecule has 4 aromatic rings. The summed E-state index contributed by atoms with van der Waals surface area (Å²) in [4.78, 5) is 20.5. The summed E-state index contributed by atoms with van der Waals surface area (Å²) in [6.45, 7) is 2.20. The highest BCUT2D eigenvalue weighted by Crippen LogP contribution is 2.30. The summed E-state index contributed by atoms with van der Waals surface area (Å²) in [5.74, 6) is -2.54. The lowest BCUT2D eigenvalue weighted by Gasteiger charge is -2.10. The number of nitrogens with one attached hydrogen (secondary N) is 1. The Morgan fingerprint density at radius 2 is 1.88 bits per heavy atom. The second kappa shape index (κ2) is 9.10. The van der Waals surface area contributed by atoms with Gasteiger partial charge < -0.3 is 9.84 Å². The van der Waals surface area contributed by atoms with Crippen LogP contribution < -0.4 is 5.32 Å². The van der Waals surface area contributed by atoms with Crippen molar-refractivity contribution in [2.45, 2.75) is 19.0 Å². The van der Waals surface area contributed by atoms with Gasteiger partial charge in [-0.05, 0) is 36.4 Å². The molecule has 2 aromatic heterocycles. The molecule has 0 spiro atoms. The van der Waals surface area contributed by atoms with Crippen LogP contribution in [0.25, 0.3) is 22.6 Å². The van der Waals surface area contributed by atoms with Crippen LogP contribution >= 0.6 is 11.3 Å². The molecule has 1 unspecified atom stereocenters. The second-order valence-corrected chi connectivity index (χ2v) is 8.08. The number of halogens is 4. The van der Waals surface area contributed by atoms with Crippen LogP contribution in [0, 0.1) is 5.82 Å². The van der Waals surface area contributed by atoms with E-state index in [0.717, 1.165) is 16.3 Å². The molecule has 1 atom stereocenters. The average Bonchev–Trinajstić information content (AvgIpc) is 3.48. The van der Waals surface area contributed by atoms with Crippen molar-refractivity contribution < 1.29 is 26.9 Å². The number of nitrogens with zero attached hydrogens (tertiary/aromatic N) is 3. The zero-order valence-electron chi connectivity index (χ0n) is 17.1. The lowest BCUT2D eigenvalue weighted by molar-refractivity contribution is -0.159. The van der Waals surface area contributed by atoms with E-state index in [0.29, 0.717) is 6.54 Å². The van der Waals surface area contributed by atoms with Crippen LogP contribution in [0.4, 0.5) is 17.6 Å². The van der Waals surface area contributed by atoms with Crippen LogP contribution in [-0.4, -0.2) is 27.6 Å². The van der Waals surface area contributed by atoms with E-state index in [1.54, 1.807) is 12.1 Å². The van der Waals surface area contributed by atoms with E-state index in [9.17, 15) is 22.4 Å². The number of carbonyl (C=O) groups is 1. The molecule has 33 heavy (non-hydrogen) atoms. The molecule has 170 valence electrons. The molecule has 11 heteroatoms. The third kappa shape index (κ3) is 5.25. The van der Waals surface area contributed by atoms with Gasteiger partial charge in [-0.2, -0.15) is 18.2 Å². The van der Waals surface area contributed by atoms with Crippen LogP contribution in [0.1, 0.15) is 34.1 Å². The number of aromatic nitrogens is 3. The maximum atomic E-state index is 13.1.